The molecule has 0 unspecified atom stereocenters. The molecule has 0 aliphatic heterocycles. The number of ether oxygens (including phenoxy) is 1. The lowest BCUT2D eigenvalue weighted by molar-refractivity contribution is 0.0847. The van der Waals surface area contributed by atoms with Gasteiger partial charge < -0.3 is 4.74 Å². The Kier molecular flexibility index (Phi) is 6.46. The van der Waals surface area contributed by atoms with Crippen molar-refractivity contribution in [2.45, 2.75) is 4.90 Å². The van der Waals surface area contributed by atoms with Gasteiger partial charge in [0.25, 0.3) is 21.8 Å². The van der Waals surface area contributed by atoms with Crippen molar-refractivity contribution in [2.24, 2.45) is 0 Å². The first-order valence-electron chi connectivity index (χ1n) is 10.2. The molecule has 0 saturated carbocycles. The van der Waals surface area contributed by atoms with E-state index in [-0.39, 0.29) is 10.5 Å². The van der Waals surface area contributed by atoms with Gasteiger partial charge in [-0.3, -0.25) is 25.2 Å². The van der Waals surface area contributed by atoms with Gasteiger partial charge >= 0.3 is 0 Å². The summed E-state index contributed by atoms with van der Waals surface area (Å²) in [6, 6.07) is 24.6. The summed E-state index contributed by atoms with van der Waals surface area (Å²) in [6.45, 7) is 0. The third-order valence-electron chi connectivity index (χ3n) is 5.07. The number of amides is 2. The monoisotopic (exact) mass is 475 g/mol. The maximum atomic E-state index is 12.8. The van der Waals surface area contributed by atoms with Crippen LogP contribution in [-0.4, -0.2) is 27.3 Å². The van der Waals surface area contributed by atoms with Gasteiger partial charge in [-0.1, -0.05) is 42.5 Å². The minimum atomic E-state index is -3.95. The molecule has 4 aromatic rings. The van der Waals surface area contributed by atoms with Crippen LogP contribution in [0.5, 0.6) is 5.75 Å². The van der Waals surface area contributed by atoms with Gasteiger partial charge in [-0.05, 0) is 59.3 Å². The minimum absolute atomic E-state index is 0.0656. The van der Waals surface area contributed by atoms with Crippen molar-refractivity contribution in [3.05, 3.63) is 102 Å². The molecule has 0 spiro atoms. The molecule has 172 valence electrons. The van der Waals surface area contributed by atoms with Crippen LogP contribution in [0.25, 0.3) is 10.8 Å². The molecule has 8 nitrogen and oxygen atoms in total. The molecular weight excluding hydrogens is 454 g/mol. The van der Waals surface area contributed by atoms with Gasteiger partial charge in [0.1, 0.15) is 5.75 Å². The molecule has 0 fully saturated rings. The van der Waals surface area contributed by atoms with Crippen LogP contribution in [0.3, 0.4) is 0 Å². The number of methoxy groups -OCH3 is 1. The number of anilines is 1. The fraction of sp³-hybridized carbons (Fsp3) is 0.0400. The quantitative estimate of drug-likeness (QED) is 0.368. The highest BCUT2D eigenvalue weighted by molar-refractivity contribution is 7.92. The Morgan fingerprint density at radius 3 is 2.21 bits per heavy atom. The molecule has 0 heterocycles. The summed E-state index contributed by atoms with van der Waals surface area (Å²) in [5, 5.41) is 1.64. The smallest absolute Gasteiger partial charge is 0.270 e. The number of hydrogen-bond acceptors (Lipinski definition) is 5. The van der Waals surface area contributed by atoms with Crippen molar-refractivity contribution in [1.29, 1.82) is 0 Å². The van der Waals surface area contributed by atoms with Crippen LogP contribution in [0.2, 0.25) is 0 Å². The van der Waals surface area contributed by atoms with E-state index < -0.39 is 21.8 Å². The van der Waals surface area contributed by atoms with Crippen molar-refractivity contribution in [2.75, 3.05) is 11.8 Å². The highest BCUT2D eigenvalue weighted by Crippen LogP contribution is 2.20. The molecular formula is C25H21N3O5S. The Hall–Kier alpha value is -4.37. The Labute approximate surface area is 196 Å². The maximum Gasteiger partial charge on any atom is 0.270 e. The van der Waals surface area contributed by atoms with Gasteiger partial charge in [-0.2, -0.15) is 0 Å². The standard InChI is InChI=1S/C25H21N3O5S/c1-33-20-14-12-19(13-15-20)28-34(31,32)21-9-4-8-18(16-21)24(29)26-27-25(30)23-11-5-7-17-6-2-3-10-22(17)23/h2-16,28H,1H3,(H,26,29)(H,27,30). The largest absolute Gasteiger partial charge is 0.497 e. The number of sulfonamides is 1. The normalized spacial score (nSPS) is 11.0. The molecule has 2 amide bonds. The molecule has 4 rings (SSSR count). The van der Waals surface area contributed by atoms with Gasteiger partial charge in [0.15, 0.2) is 0 Å². The highest BCUT2D eigenvalue weighted by atomic mass is 32.2. The van der Waals surface area contributed by atoms with Crippen LogP contribution in [0.1, 0.15) is 20.7 Å². The van der Waals surface area contributed by atoms with Crippen molar-refractivity contribution in [1.82, 2.24) is 10.9 Å². The second-order valence-corrected chi connectivity index (χ2v) is 8.98. The summed E-state index contributed by atoms with van der Waals surface area (Å²) >= 11 is 0. The predicted octanol–water partition coefficient (Wildman–Crippen LogP) is 3.72. The third kappa shape index (κ3) is 5.00. The van der Waals surface area contributed by atoms with Crippen LogP contribution < -0.4 is 20.3 Å². The van der Waals surface area contributed by atoms with E-state index in [1.807, 2.05) is 30.3 Å². The SMILES string of the molecule is COc1ccc(NS(=O)(=O)c2cccc(C(=O)NNC(=O)c3cccc4ccccc34)c2)cc1. The molecule has 0 saturated heterocycles. The van der Waals surface area contributed by atoms with E-state index in [0.717, 1.165) is 10.8 Å². The van der Waals surface area contributed by atoms with Gasteiger partial charge in [0.2, 0.25) is 0 Å². The van der Waals surface area contributed by atoms with E-state index in [9.17, 15) is 18.0 Å². The number of carbonyl (C=O) groups is 2. The second kappa shape index (κ2) is 9.63. The number of fused-ring (bicyclic) bond motifs is 1. The number of nitrogens with one attached hydrogen (secondary N) is 3. The molecule has 34 heavy (non-hydrogen) atoms. The van der Waals surface area contributed by atoms with E-state index in [1.54, 1.807) is 36.4 Å². The molecule has 0 bridgehead atoms. The summed E-state index contributed by atoms with van der Waals surface area (Å²) in [5.41, 5.74) is 5.53. The zero-order valence-corrected chi connectivity index (χ0v) is 18.9. The molecule has 0 aliphatic carbocycles. The lowest BCUT2D eigenvalue weighted by Crippen LogP contribution is -2.41. The van der Waals surface area contributed by atoms with E-state index in [4.69, 9.17) is 4.74 Å². The lowest BCUT2D eigenvalue weighted by Gasteiger charge is -2.11. The Morgan fingerprint density at radius 2 is 1.44 bits per heavy atom. The first-order chi connectivity index (χ1) is 16.4. The van der Waals surface area contributed by atoms with Crippen molar-refractivity contribution >= 4 is 38.3 Å². The number of hydrogen-bond donors (Lipinski definition) is 3. The van der Waals surface area contributed by atoms with E-state index in [0.29, 0.717) is 17.0 Å². The number of hydrazine groups is 1. The number of carbonyl (C=O) groups excluding carboxylic acids is 2. The molecule has 9 heteroatoms. The minimum Gasteiger partial charge on any atom is -0.497 e. The first-order valence-corrected chi connectivity index (χ1v) is 11.7. The van der Waals surface area contributed by atoms with Crippen LogP contribution in [-0.2, 0) is 10.0 Å². The van der Waals surface area contributed by atoms with Crippen LogP contribution >= 0.6 is 0 Å². The van der Waals surface area contributed by atoms with E-state index in [2.05, 4.69) is 15.6 Å². The van der Waals surface area contributed by atoms with Crippen molar-refractivity contribution in [3.63, 3.8) is 0 Å². The van der Waals surface area contributed by atoms with Gasteiger partial charge in [0, 0.05) is 16.8 Å². The molecule has 3 N–H and O–H groups in total. The van der Waals surface area contributed by atoms with Crippen molar-refractivity contribution in [3.8, 4) is 5.75 Å². The summed E-state index contributed by atoms with van der Waals surface area (Å²) in [6.07, 6.45) is 0. The summed E-state index contributed by atoms with van der Waals surface area (Å²) in [4.78, 5) is 25.1. The molecule has 0 aliphatic rings. The summed E-state index contributed by atoms with van der Waals surface area (Å²) in [5.74, 6) is -0.558. The number of rotatable bonds is 6. The van der Waals surface area contributed by atoms with E-state index in [1.165, 1.54) is 31.4 Å². The van der Waals surface area contributed by atoms with Crippen LogP contribution in [0.4, 0.5) is 5.69 Å². The first kappa shape index (κ1) is 22.8. The average Bonchev–Trinajstić information content (AvgIpc) is 2.87. The lowest BCUT2D eigenvalue weighted by atomic mass is 10.0. The van der Waals surface area contributed by atoms with Crippen molar-refractivity contribution < 1.29 is 22.7 Å². The average molecular weight is 476 g/mol. The fourth-order valence-electron chi connectivity index (χ4n) is 3.35. The summed E-state index contributed by atoms with van der Waals surface area (Å²) < 4.78 is 33.0. The van der Waals surface area contributed by atoms with Crippen LogP contribution in [0.15, 0.2) is 95.9 Å². The summed E-state index contributed by atoms with van der Waals surface area (Å²) in [7, 11) is -2.43. The Morgan fingerprint density at radius 1 is 0.765 bits per heavy atom. The van der Waals surface area contributed by atoms with Gasteiger partial charge in [0.05, 0.1) is 12.0 Å². The Bertz CT molecular complexity index is 1460. The zero-order valence-electron chi connectivity index (χ0n) is 18.1. The predicted molar refractivity (Wildman–Crippen MR) is 129 cm³/mol. The van der Waals surface area contributed by atoms with Gasteiger partial charge in [-0.25, -0.2) is 8.42 Å². The molecule has 0 radical (unpaired) electrons. The van der Waals surface area contributed by atoms with Gasteiger partial charge in [-0.15, -0.1) is 0 Å². The molecule has 0 aromatic heterocycles. The maximum absolute atomic E-state index is 12.8. The highest BCUT2D eigenvalue weighted by Gasteiger charge is 2.17. The molecule has 0 atom stereocenters. The molecule has 4 aromatic carbocycles. The topological polar surface area (TPSA) is 114 Å². The second-order valence-electron chi connectivity index (χ2n) is 7.30. The van der Waals surface area contributed by atoms with Crippen LogP contribution in [0, 0.1) is 0 Å². The zero-order chi connectivity index (χ0) is 24.1. The third-order valence-corrected chi connectivity index (χ3v) is 6.45. The van der Waals surface area contributed by atoms with E-state index >= 15 is 0 Å². The number of benzene rings is 4. The Balaban J connectivity index is 1.46. The fourth-order valence-corrected chi connectivity index (χ4v) is 4.46.